The number of nitrogens with zero attached hydrogens (tertiary/aromatic N) is 3. The number of anilines is 1. The lowest BCUT2D eigenvalue weighted by molar-refractivity contribution is -0.142. The molecule has 0 aliphatic carbocycles. The van der Waals surface area contributed by atoms with E-state index in [1.165, 1.54) is 4.90 Å². The van der Waals surface area contributed by atoms with E-state index in [1.807, 2.05) is 0 Å². The van der Waals surface area contributed by atoms with Crippen molar-refractivity contribution in [1.29, 1.82) is 0 Å². The van der Waals surface area contributed by atoms with Crippen LogP contribution < -0.4 is 10.6 Å². The number of phenolic OH excluding ortho intramolecular Hbond substituents is 1. The molecule has 27 heavy (non-hydrogen) atoms. The van der Waals surface area contributed by atoms with Crippen molar-refractivity contribution in [2.24, 2.45) is 5.73 Å². The van der Waals surface area contributed by atoms with E-state index in [0.717, 1.165) is 16.8 Å². The minimum Gasteiger partial charge on any atom is -0.508 e. The molecule has 0 spiro atoms. The molecule has 0 bridgehead atoms. The molecule has 1 amide bonds. The number of benzene rings is 1. The Hall–Kier alpha value is -2.92. The minimum absolute atomic E-state index is 0.000883. The molecule has 3 N–H and O–H groups in total. The van der Waals surface area contributed by atoms with Gasteiger partial charge in [0.25, 0.3) is 5.91 Å². The second-order valence-electron chi connectivity index (χ2n) is 5.94. The van der Waals surface area contributed by atoms with E-state index < -0.39 is 40.8 Å². The zero-order valence-corrected chi connectivity index (χ0v) is 13.4. The lowest BCUT2D eigenvalue weighted by Crippen LogP contribution is -2.25. The van der Waals surface area contributed by atoms with Gasteiger partial charge in [0, 0.05) is 13.1 Å². The highest BCUT2D eigenvalue weighted by Crippen LogP contribution is 2.39. The van der Waals surface area contributed by atoms with Crippen LogP contribution in [0.15, 0.2) is 18.2 Å². The van der Waals surface area contributed by atoms with Crippen molar-refractivity contribution < 1.29 is 36.2 Å². The second-order valence-corrected chi connectivity index (χ2v) is 5.94. The quantitative estimate of drug-likeness (QED) is 0.785. The van der Waals surface area contributed by atoms with Crippen LogP contribution in [0.25, 0.3) is 0 Å². The van der Waals surface area contributed by atoms with Gasteiger partial charge in [0.1, 0.15) is 17.1 Å². The fourth-order valence-electron chi connectivity index (χ4n) is 2.98. The van der Waals surface area contributed by atoms with E-state index in [4.69, 9.17) is 5.73 Å². The van der Waals surface area contributed by atoms with E-state index in [0.29, 0.717) is 6.07 Å². The van der Waals surface area contributed by atoms with Crippen LogP contribution in [0.2, 0.25) is 0 Å². The highest BCUT2D eigenvalue weighted by molar-refractivity contribution is 5.99. The molecule has 1 aliphatic heterocycles. The van der Waals surface area contributed by atoms with Crippen molar-refractivity contribution in [1.82, 2.24) is 9.78 Å². The molecule has 6 nitrogen and oxygen atoms in total. The molecule has 2 aromatic rings. The molecule has 0 saturated carbocycles. The molecule has 0 radical (unpaired) electrons. The summed E-state index contributed by atoms with van der Waals surface area (Å²) in [4.78, 5) is 12.8. The Bertz CT molecular complexity index is 903. The molecule has 0 atom stereocenters. The molecule has 3 rings (SSSR count). The standard InChI is InChI=1S/C15H12F6N4O2/c16-14(17,18)8-3-7(4-9(26)5-8)6-24-1-2-25-13(24)10(12(22)27)11(23-25)15(19,20)21/h3-5,26H,1-2,6H2,(H2,22,27). The van der Waals surface area contributed by atoms with Crippen LogP contribution in [0, 0.1) is 0 Å². The molecule has 1 aliphatic rings. The Kier molecular flexibility index (Phi) is 4.23. The normalized spacial score (nSPS) is 14.5. The summed E-state index contributed by atoms with van der Waals surface area (Å²) in [5.74, 6) is -2.20. The van der Waals surface area contributed by atoms with Crippen molar-refractivity contribution in [2.45, 2.75) is 25.4 Å². The summed E-state index contributed by atoms with van der Waals surface area (Å²) < 4.78 is 78.9. The number of carbonyl (C=O) groups excluding carboxylic acids is 1. The largest absolute Gasteiger partial charge is 0.508 e. The summed E-state index contributed by atoms with van der Waals surface area (Å²) in [7, 11) is 0. The zero-order valence-electron chi connectivity index (χ0n) is 13.4. The number of halogens is 6. The number of fused-ring (bicyclic) bond motifs is 1. The summed E-state index contributed by atoms with van der Waals surface area (Å²) >= 11 is 0. The SMILES string of the molecule is NC(=O)c1c(C(F)(F)F)nn2c1N(Cc1cc(O)cc(C(F)(F)F)c1)CC2. The molecule has 146 valence electrons. The number of hydrogen-bond acceptors (Lipinski definition) is 4. The smallest absolute Gasteiger partial charge is 0.436 e. The van der Waals surface area contributed by atoms with E-state index in [1.54, 1.807) is 0 Å². The first-order valence-electron chi connectivity index (χ1n) is 7.51. The van der Waals surface area contributed by atoms with E-state index in [2.05, 4.69) is 5.10 Å². The zero-order chi connectivity index (χ0) is 20.1. The van der Waals surface area contributed by atoms with Gasteiger partial charge in [0.15, 0.2) is 5.69 Å². The molecule has 1 aromatic carbocycles. The van der Waals surface area contributed by atoms with Gasteiger partial charge in [0.05, 0.1) is 12.1 Å². The Morgan fingerprint density at radius 3 is 2.33 bits per heavy atom. The van der Waals surface area contributed by atoms with Gasteiger partial charge in [-0.25, -0.2) is 4.68 Å². The number of aromatic hydroxyl groups is 1. The molecule has 0 fully saturated rings. The number of primary amides is 1. The second kappa shape index (κ2) is 6.06. The van der Waals surface area contributed by atoms with Crippen LogP contribution in [-0.4, -0.2) is 27.3 Å². The van der Waals surface area contributed by atoms with Crippen LogP contribution in [0.3, 0.4) is 0 Å². The summed E-state index contributed by atoms with van der Waals surface area (Å²) in [5, 5.41) is 12.9. The van der Waals surface area contributed by atoms with Crippen LogP contribution >= 0.6 is 0 Å². The third-order valence-corrected chi connectivity index (χ3v) is 4.00. The van der Waals surface area contributed by atoms with Crippen LogP contribution in [0.1, 0.15) is 27.2 Å². The van der Waals surface area contributed by atoms with Gasteiger partial charge in [-0.2, -0.15) is 31.4 Å². The first-order chi connectivity index (χ1) is 12.4. The molecular weight excluding hydrogens is 382 g/mol. The molecule has 0 unspecified atom stereocenters. The maximum Gasteiger partial charge on any atom is 0.436 e. The number of aromatic nitrogens is 2. The maximum atomic E-state index is 13.1. The van der Waals surface area contributed by atoms with Crippen LogP contribution in [-0.2, 0) is 25.4 Å². The average molecular weight is 394 g/mol. The number of rotatable bonds is 3. The summed E-state index contributed by atoms with van der Waals surface area (Å²) in [5.41, 5.74) is 1.70. The Balaban J connectivity index is 2.01. The number of phenols is 1. The monoisotopic (exact) mass is 394 g/mol. The molecule has 12 heteroatoms. The molecular formula is C15H12F6N4O2. The number of nitrogens with two attached hydrogens (primary N) is 1. The Morgan fingerprint density at radius 2 is 1.78 bits per heavy atom. The van der Waals surface area contributed by atoms with Crippen molar-refractivity contribution in [3.8, 4) is 5.75 Å². The maximum absolute atomic E-state index is 13.1. The van der Waals surface area contributed by atoms with Gasteiger partial charge in [0.2, 0.25) is 0 Å². The number of hydrogen-bond donors (Lipinski definition) is 2. The van der Waals surface area contributed by atoms with Gasteiger partial charge in [-0.3, -0.25) is 4.79 Å². The lowest BCUT2D eigenvalue weighted by atomic mass is 10.1. The predicted octanol–water partition coefficient (Wildman–Crippen LogP) is 2.75. The number of carbonyl (C=O) groups is 1. The first kappa shape index (κ1) is 18.9. The highest BCUT2D eigenvalue weighted by Gasteiger charge is 2.43. The number of alkyl halides is 6. The Morgan fingerprint density at radius 1 is 1.11 bits per heavy atom. The van der Waals surface area contributed by atoms with Crippen molar-refractivity contribution in [3.05, 3.63) is 40.6 Å². The summed E-state index contributed by atoms with van der Waals surface area (Å²) in [6, 6.07) is 2.37. The van der Waals surface area contributed by atoms with Gasteiger partial charge >= 0.3 is 12.4 Å². The fourth-order valence-corrected chi connectivity index (χ4v) is 2.98. The van der Waals surface area contributed by atoms with Gasteiger partial charge in [-0.15, -0.1) is 0 Å². The van der Waals surface area contributed by atoms with E-state index in [9.17, 15) is 36.2 Å². The Labute approximate surface area is 147 Å². The molecule has 2 heterocycles. The van der Waals surface area contributed by atoms with Crippen molar-refractivity contribution in [2.75, 3.05) is 11.4 Å². The van der Waals surface area contributed by atoms with Gasteiger partial charge < -0.3 is 15.7 Å². The topological polar surface area (TPSA) is 84.4 Å². The van der Waals surface area contributed by atoms with Crippen molar-refractivity contribution in [3.63, 3.8) is 0 Å². The van der Waals surface area contributed by atoms with Crippen LogP contribution in [0.5, 0.6) is 5.75 Å². The van der Waals surface area contributed by atoms with Crippen molar-refractivity contribution >= 4 is 11.7 Å². The third-order valence-electron chi connectivity index (χ3n) is 4.00. The predicted molar refractivity (Wildman–Crippen MR) is 79.9 cm³/mol. The summed E-state index contributed by atoms with van der Waals surface area (Å²) in [6.07, 6.45) is -9.62. The summed E-state index contributed by atoms with van der Waals surface area (Å²) in [6.45, 7) is -0.171. The van der Waals surface area contributed by atoms with Gasteiger partial charge in [-0.1, -0.05) is 0 Å². The number of amides is 1. The average Bonchev–Trinajstić information content (AvgIpc) is 3.05. The molecule has 1 aromatic heterocycles. The third kappa shape index (κ3) is 3.51. The fraction of sp³-hybridized carbons (Fsp3) is 0.333. The van der Waals surface area contributed by atoms with Crippen LogP contribution in [0.4, 0.5) is 32.2 Å². The molecule has 0 saturated heterocycles. The minimum atomic E-state index is -4.91. The van der Waals surface area contributed by atoms with E-state index >= 15 is 0 Å². The van der Waals surface area contributed by atoms with E-state index in [-0.39, 0.29) is 31.0 Å². The highest BCUT2D eigenvalue weighted by atomic mass is 19.4. The van der Waals surface area contributed by atoms with Gasteiger partial charge in [-0.05, 0) is 23.8 Å². The lowest BCUT2D eigenvalue weighted by Gasteiger charge is -2.20. The first-order valence-corrected chi connectivity index (χ1v) is 7.51.